The van der Waals surface area contributed by atoms with Crippen LogP contribution in [0.4, 0.5) is 5.69 Å². The molecule has 0 spiro atoms. The van der Waals surface area contributed by atoms with Crippen LogP contribution in [0.5, 0.6) is 0 Å². The highest BCUT2D eigenvalue weighted by Crippen LogP contribution is 2.32. The molecule has 1 aromatic carbocycles. The number of halogens is 1. The Bertz CT molecular complexity index is 581. The van der Waals surface area contributed by atoms with E-state index < -0.39 is 0 Å². The van der Waals surface area contributed by atoms with Crippen molar-refractivity contribution in [2.75, 3.05) is 19.0 Å². The molecular weight excluding hydrogens is 310 g/mol. The molecule has 0 saturated heterocycles. The Kier molecular flexibility index (Phi) is 4.00. The van der Waals surface area contributed by atoms with Crippen molar-refractivity contribution in [1.29, 1.82) is 5.26 Å². The minimum absolute atomic E-state index is 0.397. The lowest BCUT2D eigenvalue weighted by molar-refractivity contribution is 1.13. The first kappa shape index (κ1) is 13.1. The van der Waals surface area contributed by atoms with Gasteiger partial charge in [-0.25, -0.2) is 4.98 Å². The van der Waals surface area contributed by atoms with Crippen LogP contribution < -0.4 is 4.90 Å². The average molecular weight is 322 g/mol. The predicted molar refractivity (Wildman–Crippen MR) is 78.9 cm³/mol. The van der Waals surface area contributed by atoms with Gasteiger partial charge in [0.1, 0.15) is 9.61 Å². The Hall–Kier alpha value is -1.38. The summed E-state index contributed by atoms with van der Waals surface area (Å²) < 4.78 is 0.778. The lowest BCUT2D eigenvalue weighted by Crippen LogP contribution is -2.07. The highest BCUT2D eigenvalue weighted by molar-refractivity contribution is 9.10. The van der Waals surface area contributed by atoms with Gasteiger partial charge < -0.3 is 4.90 Å². The number of aromatic nitrogens is 1. The van der Waals surface area contributed by atoms with Gasteiger partial charge in [0.25, 0.3) is 0 Å². The van der Waals surface area contributed by atoms with Crippen molar-refractivity contribution < 1.29 is 0 Å². The van der Waals surface area contributed by atoms with E-state index in [1.54, 1.807) is 11.3 Å². The van der Waals surface area contributed by atoms with Gasteiger partial charge in [-0.05, 0) is 40.2 Å². The smallest absolute Gasteiger partial charge is 0.124 e. The van der Waals surface area contributed by atoms with Crippen LogP contribution in [-0.2, 0) is 6.42 Å². The van der Waals surface area contributed by atoms with Gasteiger partial charge in [-0.15, -0.1) is 11.3 Å². The normalized spacial score (nSPS) is 10.1. The van der Waals surface area contributed by atoms with Crippen molar-refractivity contribution in [3.8, 4) is 16.6 Å². The Morgan fingerprint density at radius 2 is 2.00 bits per heavy atom. The van der Waals surface area contributed by atoms with E-state index in [4.69, 9.17) is 5.26 Å². The third kappa shape index (κ3) is 2.71. The second-order valence-electron chi connectivity index (χ2n) is 4.01. The van der Waals surface area contributed by atoms with Gasteiger partial charge in [0.2, 0.25) is 0 Å². The number of anilines is 1. The van der Waals surface area contributed by atoms with Gasteiger partial charge in [-0.1, -0.05) is 0 Å². The largest absolute Gasteiger partial charge is 0.378 e. The third-order valence-corrected chi connectivity index (χ3v) is 4.54. The zero-order valence-corrected chi connectivity index (χ0v) is 12.5. The number of benzene rings is 1. The second kappa shape index (κ2) is 5.51. The van der Waals surface area contributed by atoms with E-state index in [0.29, 0.717) is 6.42 Å². The quantitative estimate of drug-likeness (QED) is 0.865. The van der Waals surface area contributed by atoms with Crippen LogP contribution in [-0.4, -0.2) is 19.1 Å². The van der Waals surface area contributed by atoms with Crippen LogP contribution in [0.25, 0.3) is 10.6 Å². The predicted octanol–water partition coefficient (Wildman–Crippen LogP) is 3.70. The van der Waals surface area contributed by atoms with E-state index in [1.165, 1.54) is 0 Å². The first-order chi connectivity index (χ1) is 8.61. The van der Waals surface area contributed by atoms with E-state index >= 15 is 0 Å². The molecule has 5 heteroatoms. The molecule has 0 amide bonds. The molecule has 0 unspecified atom stereocenters. The molecule has 2 rings (SSSR count). The summed E-state index contributed by atoms with van der Waals surface area (Å²) in [7, 11) is 4.03. The fraction of sp³-hybridized carbons (Fsp3) is 0.231. The Morgan fingerprint density at radius 1 is 1.33 bits per heavy atom. The highest BCUT2D eigenvalue weighted by Gasteiger charge is 2.10. The summed E-state index contributed by atoms with van der Waals surface area (Å²) in [4.78, 5) is 7.48. The van der Waals surface area contributed by atoms with Crippen molar-refractivity contribution in [1.82, 2.24) is 4.98 Å². The average Bonchev–Trinajstić information content (AvgIpc) is 2.72. The fourth-order valence-electron chi connectivity index (χ4n) is 1.54. The topological polar surface area (TPSA) is 39.9 Å². The molecule has 0 N–H and O–H groups in total. The molecule has 0 fully saturated rings. The molecule has 1 heterocycles. The van der Waals surface area contributed by atoms with Crippen LogP contribution in [0.3, 0.4) is 0 Å². The summed E-state index contributed by atoms with van der Waals surface area (Å²) in [6.07, 6.45) is 0.397. The van der Waals surface area contributed by atoms with Gasteiger partial charge >= 0.3 is 0 Å². The van der Waals surface area contributed by atoms with Crippen LogP contribution in [0.1, 0.15) is 4.88 Å². The lowest BCUT2D eigenvalue weighted by atomic mass is 10.2. The highest BCUT2D eigenvalue weighted by atomic mass is 79.9. The Morgan fingerprint density at radius 3 is 2.56 bits per heavy atom. The molecule has 0 saturated carbocycles. The number of nitrogens with zero attached hydrogens (tertiary/aromatic N) is 3. The summed E-state index contributed by atoms with van der Waals surface area (Å²) >= 11 is 4.95. The van der Waals surface area contributed by atoms with Gasteiger partial charge in [0.15, 0.2) is 0 Å². The second-order valence-corrected chi connectivity index (χ2v) is 5.84. The molecule has 0 radical (unpaired) electrons. The van der Waals surface area contributed by atoms with Crippen LogP contribution in [0.2, 0.25) is 0 Å². The zero-order valence-electron chi connectivity index (χ0n) is 10.1. The standard InChI is InChI=1S/C13H12BrN3S/c1-17(2)10-5-3-9(4-6-10)13-16-12(14)11(18-13)7-8-15/h3-6H,7H2,1-2H3. The molecule has 0 atom stereocenters. The van der Waals surface area contributed by atoms with Crippen molar-refractivity contribution in [2.45, 2.75) is 6.42 Å². The van der Waals surface area contributed by atoms with E-state index in [2.05, 4.69) is 56.1 Å². The summed E-state index contributed by atoms with van der Waals surface area (Å²) in [6, 6.07) is 10.4. The molecule has 92 valence electrons. The molecule has 0 aliphatic heterocycles. The monoisotopic (exact) mass is 321 g/mol. The molecule has 18 heavy (non-hydrogen) atoms. The molecular formula is C13H12BrN3S. The van der Waals surface area contributed by atoms with Crippen molar-refractivity contribution in [3.63, 3.8) is 0 Å². The van der Waals surface area contributed by atoms with Gasteiger partial charge in [-0.2, -0.15) is 5.26 Å². The molecule has 3 nitrogen and oxygen atoms in total. The molecule has 0 aliphatic carbocycles. The number of nitriles is 1. The molecule has 2 aromatic rings. The van der Waals surface area contributed by atoms with Gasteiger partial charge in [0.05, 0.1) is 17.4 Å². The number of hydrogen-bond acceptors (Lipinski definition) is 4. The number of thiazole rings is 1. The molecule has 1 aromatic heterocycles. The minimum Gasteiger partial charge on any atom is -0.378 e. The number of rotatable bonds is 3. The van der Waals surface area contributed by atoms with E-state index in [9.17, 15) is 0 Å². The van der Waals surface area contributed by atoms with E-state index in [1.807, 2.05) is 14.1 Å². The number of hydrogen-bond donors (Lipinski definition) is 0. The molecule has 0 aliphatic rings. The van der Waals surface area contributed by atoms with Crippen LogP contribution >= 0.6 is 27.3 Å². The van der Waals surface area contributed by atoms with E-state index in [0.717, 1.165) is 25.7 Å². The van der Waals surface area contributed by atoms with Gasteiger partial charge in [0, 0.05) is 25.3 Å². The first-order valence-corrected chi connectivity index (χ1v) is 7.02. The van der Waals surface area contributed by atoms with Gasteiger partial charge in [-0.3, -0.25) is 0 Å². The van der Waals surface area contributed by atoms with Crippen LogP contribution in [0, 0.1) is 11.3 Å². The lowest BCUT2D eigenvalue weighted by Gasteiger charge is -2.11. The van der Waals surface area contributed by atoms with Crippen molar-refractivity contribution >= 4 is 33.0 Å². The Balaban J connectivity index is 2.31. The zero-order chi connectivity index (χ0) is 13.1. The SMILES string of the molecule is CN(C)c1ccc(-c2nc(Br)c(CC#N)s2)cc1. The summed E-state index contributed by atoms with van der Waals surface area (Å²) in [5.41, 5.74) is 2.24. The van der Waals surface area contributed by atoms with Crippen LogP contribution in [0.15, 0.2) is 28.9 Å². The van der Waals surface area contributed by atoms with Crippen molar-refractivity contribution in [2.24, 2.45) is 0 Å². The minimum atomic E-state index is 0.397. The summed E-state index contributed by atoms with van der Waals surface area (Å²) in [5, 5.41) is 9.67. The summed E-state index contributed by atoms with van der Waals surface area (Å²) in [6.45, 7) is 0. The fourth-order valence-corrected chi connectivity index (χ4v) is 3.11. The summed E-state index contributed by atoms with van der Waals surface area (Å²) in [5.74, 6) is 0. The molecule has 0 bridgehead atoms. The maximum Gasteiger partial charge on any atom is 0.124 e. The third-order valence-electron chi connectivity index (χ3n) is 2.52. The van der Waals surface area contributed by atoms with E-state index in [-0.39, 0.29) is 0 Å². The maximum absolute atomic E-state index is 8.72. The maximum atomic E-state index is 8.72. The van der Waals surface area contributed by atoms with Crippen molar-refractivity contribution in [3.05, 3.63) is 33.7 Å². The Labute approximate surface area is 119 Å². The first-order valence-electron chi connectivity index (χ1n) is 5.41.